The molecule has 0 amide bonds. The Morgan fingerprint density at radius 2 is 2.09 bits per heavy atom. The molecule has 124 valence electrons. The molecule has 1 unspecified atom stereocenters. The summed E-state index contributed by atoms with van der Waals surface area (Å²) in [5, 5.41) is 21.8. The van der Waals surface area contributed by atoms with Gasteiger partial charge in [-0.2, -0.15) is 5.10 Å². The van der Waals surface area contributed by atoms with E-state index in [0.717, 1.165) is 30.5 Å². The summed E-state index contributed by atoms with van der Waals surface area (Å²) < 4.78 is 0. The van der Waals surface area contributed by atoms with Crippen LogP contribution in [-0.2, 0) is 24.0 Å². The Bertz CT molecular complexity index is 671. The van der Waals surface area contributed by atoms with E-state index in [1.807, 2.05) is 12.3 Å². The maximum absolute atomic E-state index is 11.1. The minimum Gasteiger partial charge on any atom is -0.384 e. The minimum absolute atomic E-state index is 0.0435. The zero-order valence-corrected chi connectivity index (χ0v) is 14.3. The number of rotatable bonds is 4. The zero-order valence-electron chi connectivity index (χ0n) is 14.3. The molecule has 1 aliphatic carbocycles. The molecule has 3 rings (SSSR count). The number of aromatic amines is 1. The van der Waals surface area contributed by atoms with Gasteiger partial charge in [0.25, 0.3) is 0 Å². The van der Waals surface area contributed by atoms with Gasteiger partial charge in [0.05, 0.1) is 6.20 Å². The van der Waals surface area contributed by atoms with Crippen LogP contribution in [0.1, 0.15) is 56.0 Å². The fraction of sp³-hybridized carbons (Fsp3) is 0.526. The van der Waals surface area contributed by atoms with E-state index >= 15 is 0 Å². The number of aryl methyl sites for hydroxylation is 1. The number of hydrogen-bond donors (Lipinski definition) is 3. The van der Waals surface area contributed by atoms with Crippen LogP contribution >= 0.6 is 0 Å². The number of aromatic nitrogens is 2. The van der Waals surface area contributed by atoms with Crippen LogP contribution in [0.2, 0.25) is 0 Å². The van der Waals surface area contributed by atoms with Crippen LogP contribution in [0.5, 0.6) is 0 Å². The molecule has 0 spiro atoms. The topological polar surface area (TPSA) is 60.9 Å². The van der Waals surface area contributed by atoms with E-state index in [4.69, 9.17) is 0 Å². The molecular weight excluding hydrogens is 286 g/mol. The van der Waals surface area contributed by atoms with Crippen molar-refractivity contribution >= 4 is 0 Å². The van der Waals surface area contributed by atoms with E-state index in [-0.39, 0.29) is 5.41 Å². The SMILES string of the molecule is CC(C)(C)c1[nH]ncc1CNCC1(O)CCCc2ccccc21. The van der Waals surface area contributed by atoms with E-state index < -0.39 is 5.60 Å². The highest BCUT2D eigenvalue weighted by Gasteiger charge is 2.33. The lowest BCUT2D eigenvalue weighted by Gasteiger charge is -2.35. The van der Waals surface area contributed by atoms with E-state index in [1.165, 1.54) is 11.1 Å². The van der Waals surface area contributed by atoms with Crippen LogP contribution in [0.25, 0.3) is 0 Å². The van der Waals surface area contributed by atoms with Gasteiger partial charge in [-0.25, -0.2) is 0 Å². The smallest absolute Gasteiger partial charge is 0.102 e. The summed E-state index contributed by atoms with van der Waals surface area (Å²) in [6.07, 6.45) is 4.80. The highest BCUT2D eigenvalue weighted by Crippen LogP contribution is 2.34. The number of nitrogens with one attached hydrogen (secondary N) is 2. The summed E-state index contributed by atoms with van der Waals surface area (Å²) in [6.45, 7) is 7.81. The number of H-pyrrole nitrogens is 1. The van der Waals surface area contributed by atoms with Crippen LogP contribution < -0.4 is 5.32 Å². The summed E-state index contributed by atoms with van der Waals surface area (Å²) in [7, 11) is 0. The average molecular weight is 313 g/mol. The molecule has 0 saturated heterocycles. The molecule has 1 aromatic carbocycles. The zero-order chi connectivity index (χ0) is 16.5. The largest absolute Gasteiger partial charge is 0.384 e. The lowest BCUT2D eigenvalue weighted by Crippen LogP contribution is -2.40. The Kier molecular flexibility index (Phi) is 4.30. The summed E-state index contributed by atoms with van der Waals surface area (Å²) in [5.74, 6) is 0. The lowest BCUT2D eigenvalue weighted by atomic mass is 9.79. The molecule has 23 heavy (non-hydrogen) atoms. The molecule has 0 bridgehead atoms. The second-order valence-corrected chi connectivity index (χ2v) is 7.67. The number of fused-ring (bicyclic) bond motifs is 1. The fourth-order valence-electron chi connectivity index (χ4n) is 3.58. The normalized spacial score (nSPS) is 21.2. The van der Waals surface area contributed by atoms with Crippen LogP contribution in [0.4, 0.5) is 0 Å². The Labute approximate surface area is 138 Å². The van der Waals surface area contributed by atoms with Crippen LogP contribution in [0.3, 0.4) is 0 Å². The standard InChI is InChI=1S/C19H27N3O/c1-18(2,3)17-15(12-21-22-17)11-20-13-19(23)10-6-8-14-7-4-5-9-16(14)19/h4-5,7,9,12,20,23H,6,8,10-11,13H2,1-3H3,(H,21,22). The van der Waals surface area contributed by atoms with Crippen molar-refractivity contribution in [3.05, 3.63) is 52.8 Å². The van der Waals surface area contributed by atoms with Crippen molar-refractivity contribution in [2.75, 3.05) is 6.54 Å². The van der Waals surface area contributed by atoms with Crippen molar-refractivity contribution in [2.45, 2.75) is 57.6 Å². The Hall–Kier alpha value is -1.65. The van der Waals surface area contributed by atoms with Gasteiger partial charge in [-0.05, 0) is 30.4 Å². The number of hydrogen-bond acceptors (Lipinski definition) is 3. The van der Waals surface area contributed by atoms with Crippen LogP contribution in [-0.4, -0.2) is 21.8 Å². The van der Waals surface area contributed by atoms with E-state index in [9.17, 15) is 5.11 Å². The van der Waals surface area contributed by atoms with Gasteiger partial charge in [-0.3, -0.25) is 5.10 Å². The third-order valence-electron chi connectivity index (χ3n) is 4.76. The molecule has 1 heterocycles. The van der Waals surface area contributed by atoms with Crippen molar-refractivity contribution in [3.63, 3.8) is 0 Å². The van der Waals surface area contributed by atoms with Gasteiger partial charge in [-0.15, -0.1) is 0 Å². The Balaban J connectivity index is 1.69. The highest BCUT2D eigenvalue weighted by molar-refractivity contribution is 5.35. The first-order chi connectivity index (χ1) is 10.9. The van der Waals surface area contributed by atoms with Gasteiger partial charge in [0.15, 0.2) is 0 Å². The second kappa shape index (κ2) is 6.10. The molecule has 4 heteroatoms. The van der Waals surface area contributed by atoms with Crippen molar-refractivity contribution < 1.29 is 5.11 Å². The van der Waals surface area contributed by atoms with Gasteiger partial charge >= 0.3 is 0 Å². The molecule has 1 aliphatic rings. The van der Waals surface area contributed by atoms with Gasteiger partial charge in [-0.1, -0.05) is 45.0 Å². The molecule has 3 N–H and O–H groups in total. The van der Waals surface area contributed by atoms with Crippen molar-refractivity contribution in [1.29, 1.82) is 0 Å². The molecule has 1 atom stereocenters. The van der Waals surface area contributed by atoms with Gasteiger partial charge in [0, 0.05) is 29.8 Å². The number of aliphatic hydroxyl groups is 1. The molecule has 2 aromatic rings. The Morgan fingerprint density at radius 3 is 2.87 bits per heavy atom. The maximum Gasteiger partial charge on any atom is 0.102 e. The molecule has 0 saturated carbocycles. The summed E-state index contributed by atoms with van der Waals surface area (Å²) >= 11 is 0. The van der Waals surface area contributed by atoms with Crippen molar-refractivity contribution in [2.24, 2.45) is 0 Å². The third-order valence-corrected chi connectivity index (χ3v) is 4.76. The van der Waals surface area contributed by atoms with E-state index in [2.05, 4.69) is 54.5 Å². The molecule has 0 aliphatic heterocycles. The number of benzene rings is 1. The monoisotopic (exact) mass is 313 g/mol. The van der Waals surface area contributed by atoms with Crippen molar-refractivity contribution in [1.82, 2.24) is 15.5 Å². The minimum atomic E-state index is -0.763. The average Bonchev–Trinajstić information content (AvgIpc) is 2.96. The van der Waals surface area contributed by atoms with Gasteiger partial charge < -0.3 is 10.4 Å². The second-order valence-electron chi connectivity index (χ2n) is 7.67. The quantitative estimate of drug-likeness (QED) is 0.813. The number of nitrogens with zero attached hydrogens (tertiary/aromatic N) is 1. The molecule has 0 fully saturated rings. The molecular formula is C19H27N3O. The van der Waals surface area contributed by atoms with E-state index in [1.54, 1.807) is 0 Å². The Morgan fingerprint density at radius 1 is 1.30 bits per heavy atom. The molecule has 0 radical (unpaired) electrons. The molecule has 1 aromatic heterocycles. The molecule has 4 nitrogen and oxygen atoms in total. The predicted molar refractivity (Wildman–Crippen MR) is 92.3 cm³/mol. The first-order valence-electron chi connectivity index (χ1n) is 8.44. The maximum atomic E-state index is 11.1. The van der Waals surface area contributed by atoms with Crippen LogP contribution in [0.15, 0.2) is 30.5 Å². The van der Waals surface area contributed by atoms with Crippen LogP contribution in [0, 0.1) is 0 Å². The van der Waals surface area contributed by atoms with Gasteiger partial charge in [0.1, 0.15) is 5.60 Å². The third kappa shape index (κ3) is 3.33. The predicted octanol–water partition coefficient (Wildman–Crippen LogP) is 3.02. The summed E-state index contributed by atoms with van der Waals surface area (Å²) in [4.78, 5) is 0. The fourth-order valence-corrected chi connectivity index (χ4v) is 3.58. The summed E-state index contributed by atoms with van der Waals surface area (Å²) in [6, 6.07) is 8.27. The highest BCUT2D eigenvalue weighted by atomic mass is 16.3. The van der Waals surface area contributed by atoms with Gasteiger partial charge in [0.2, 0.25) is 0 Å². The first-order valence-corrected chi connectivity index (χ1v) is 8.44. The van der Waals surface area contributed by atoms with E-state index in [0.29, 0.717) is 13.1 Å². The summed E-state index contributed by atoms with van der Waals surface area (Å²) in [5.41, 5.74) is 3.97. The first kappa shape index (κ1) is 16.2. The lowest BCUT2D eigenvalue weighted by molar-refractivity contribution is 0.0189. The van der Waals surface area contributed by atoms with Crippen molar-refractivity contribution in [3.8, 4) is 0 Å².